The Balaban J connectivity index is 0.000000337. The summed E-state index contributed by atoms with van der Waals surface area (Å²) in [6.45, 7) is 2.24. The van der Waals surface area contributed by atoms with Crippen LogP contribution in [0.25, 0.3) is 11.1 Å². The van der Waals surface area contributed by atoms with Crippen molar-refractivity contribution in [1.82, 2.24) is 5.32 Å². The van der Waals surface area contributed by atoms with Crippen LogP contribution in [0.2, 0.25) is 0 Å². The van der Waals surface area contributed by atoms with Crippen molar-refractivity contribution in [3.05, 3.63) is 59.7 Å². The van der Waals surface area contributed by atoms with Gasteiger partial charge in [-0.3, -0.25) is 4.79 Å². The SMILES string of the molecule is CCCCC(Cl)OC(=O)[C@@H](N)CCSC.CSCC[C@H](NC(=O)OCC1c2ccccc2-c2ccccc21)C(=O)O. The Bertz CT molecular complexity index is 1080. The lowest BCUT2D eigenvalue weighted by molar-refractivity contribution is -0.147. The smallest absolute Gasteiger partial charge is 0.407 e. The number of fused-ring (bicyclic) bond motifs is 3. The summed E-state index contributed by atoms with van der Waals surface area (Å²) in [6.07, 6.45) is 6.87. The average Bonchev–Trinajstić information content (AvgIpc) is 3.29. The number of hydrogen-bond donors (Lipinski definition) is 3. The highest BCUT2D eigenvalue weighted by molar-refractivity contribution is 7.98. The van der Waals surface area contributed by atoms with Crippen molar-refractivity contribution >= 4 is 53.2 Å². The van der Waals surface area contributed by atoms with Crippen molar-refractivity contribution in [2.24, 2.45) is 5.73 Å². The van der Waals surface area contributed by atoms with Gasteiger partial charge in [0.15, 0.2) is 5.56 Å². The number of benzene rings is 2. The number of aliphatic carboxylic acids is 1. The number of carbonyl (C=O) groups excluding carboxylic acids is 2. The van der Waals surface area contributed by atoms with Gasteiger partial charge in [-0.05, 0) is 72.0 Å². The van der Waals surface area contributed by atoms with Crippen LogP contribution in [0.3, 0.4) is 0 Å². The van der Waals surface area contributed by atoms with Crippen LogP contribution < -0.4 is 11.1 Å². The molecule has 2 aromatic rings. The summed E-state index contributed by atoms with van der Waals surface area (Å²) in [5.41, 5.74) is 9.66. The van der Waals surface area contributed by atoms with Gasteiger partial charge in [-0.2, -0.15) is 23.5 Å². The van der Waals surface area contributed by atoms with Crippen molar-refractivity contribution in [2.45, 2.75) is 62.6 Å². The lowest BCUT2D eigenvalue weighted by atomic mass is 9.98. The molecule has 226 valence electrons. The van der Waals surface area contributed by atoms with Gasteiger partial charge in [0.05, 0.1) is 0 Å². The number of nitrogens with one attached hydrogen (secondary N) is 1. The van der Waals surface area contributed by atoms with E-state index in [1.165, 1.54) is 11.8 Å². The summed E-state index contributed by atoms with van der Waals surface area (Å²) in [6, 6.07) is 14.7. The summed E-state index contributed by atoms with van der Waals surface area (Å²) in [5.74, 6) is 0.0362. The third kappa shape index (κ3) is 11.4. The molecule has 0 bridgehead atoms. The molecule has 0 saturated heterocycles. The van der Waals surface area contributed by atoms with Crippen LogP contribution in [0.15, 0.2) is 48.5 Å². The molecule has 0 aliphatic heterocycles. The molecule has 3 atom stereocenters. The molecule has 0 spiro atoms. The van der Waals surface area contributed by atoms with E-state index in [-0.39, 0.29) is 18.5 Å². The van der Waals surface area contributed by atoms with Crippen LogP contribution in [0, 0.1) is 0 Å². The number of ether oxygens (including phenoxy) is 2. The minimum absolute atomic E-state index is 0.0392. The number of alkyl halides is 1. The number of alkyl carbamates (subject to hydrolysis) is 1. The molecule has 1 unspecified atom stereocenters. The first-order chi connectivity index (χ1) is 19.7. The summed E-state index contributed by atoms with van der Waals surface area (Å²) >= 11 is 9.03. The lowest BCUT2D eigenvalue weighted by Crippen LogP contribution is -2.41. The Morgan fingerprint density at radius 2 is 1.54 bits per heavy atom. The van der Waals surface area contributed by atoms with Crippen molar-refractivity contribution in [2.75, 3.05) is 30.6 Å². The molecule has 0 radical (unpaired) electrons. The van der Waals surface area contributed by atoms with E-state index in [0.29, 0.717) is 25.0 Å². The Morgan fingerprint density at radius 1 is 0.976 bits per heavy atom. The van der Waals surface area contributed by atoms with Gasteiger partial charge in [-0.1, -0.05) is 73.5 Å². The molecule has 1 aliphatic rings. The summed E-state index contributed by atoms with van der Waals surface area (Å²) in [5, 5.41) is 11.7. The fourth-order valence-corrected chi connectivity index (χ4v) is 5.48. The number of thioether (sulfide) groups is 2. The van der Waals surface area contributed by atoms with Gasteiger partial charge in [0.2, 0.25) is 0 Å². The van der Waals surface area contributed by atoms with Crippen molar-refractivity contribution in [3.63, 3.8) is 0 Å². The number of carboxylic acid groups (broad SMARTS) is 1. The van der Waals surface area contributed by atoms with E-state index in [1.54, 1.807) is 11.8 Å². The summed E-state index contributed by atoms with van der Waals surface area (Å²) < 4.78 is 10.4. The largest absolute Gasteiger partial charge is 0.480 e. The summed E-state index contributed by atoms with van der Waals surface area (Å²) in [4.78, 5) is 34.7. The van der Waals surface area contributed by atoms with E-state index in [4.69, 9.17) is 26.8 Å². The second-order valence-electron chi connectivity index (χ2n) is 9.52. The number of amides is 1. The minimum Gasteiger partial charge on any atom is -0.480 e. The molecular weight excluding hydrogens is 584 g/mol. The zero-order valence-electron chi connectivity index (χ0n) is 23.8. The highest BCUT2D eigenvalue weighted by Crippen LogP contribution is 2.44. The normalized spacial score (nSPS) is 14.0. The molecule has 2 aromatic carbocycles. The van der Waals surface area contributed by atoms with Crippen LogP contribution >= 0.6 is 35.1 Å². The number of hydrogen-bond acceptors (Lipinski definition) is 8. The molecule has 0 saturated carbocycles. The van der Waals surface area contributed by atoms with E-state index >= 15 is 0 Å². The number of carboxylic acids is 1. The molecule has 0 fully saturated rings. The molecule has 41 heavy (non-hydrogen) atoms. The predicted molar refractivity (Wildman–Crippen MR) is 169 cm³/mol. The Morgan fingerprint density at radius 3 is 2.07 bits per heavy atom. The fourth-order valence-electron chi connectivity index (χ4n) is 4.28. The van der Waals surface area contributed by atoms with Crippen LogP contribution in [0.4, 0.5) is 4.79 Å². The molecule has 8 nitrogen and oxygen atoms in total. The molecule has 1 amide bonds. The van der Waals surface area contributed by atoms with Crippen molar-refractivity contribution < 1.29 is 29.0 Å². The minimum atomic E-state index is -1.05. The quantitative estimate of drug-likeness (QED) is 0.159. The molecule has 11 heteroatoms. The Kier molecular flexibility index (Phi) is 16.1. The lowest BCUT2D eigenvalue weighted by Gasteiger charge is -2.17. The zero-order valence-corrected chi connectivity index (χ0v) is 26.2. The van der Waals surface area contributed by atoms with Crippen LogP contribution in [-0.4, -0.2) is 71.4 Å². The van der Waals surface area contributed by atoms with Gasteiger partial charge in [-0.15, -0.1) is 0 Å². The van der Waals surface area contributed by atoms with Crippen LogP contribution in [-0.2, 0) is 19.1 Å². The fraction of sp³-hybridized carbons (Fsp3) is 0.500. The third-order valence-corrected chi connectivity index (χ3v) is 8.10. The molecule has 4 N–H and O–H groups in total. The van der Waals surface area contributed by atoms with Gasteiger partial charge in [0.25, 0.3) is 0 Å². The zero-order chi connectivity index (χ0) is 30.2. The molecular formula is C30H41ClN2O6S2. The van der Waals surface area contributed by atoms with Gasteiger partial charge in [-0.25, -0.2) is 9.59 Å². The molecule has 3 rings (SSSR count). The highest BCUT2D eigenvalue weighted by atomic mass is 35.5. The Hall–Kier alpha value is -2.40. The number of halogens is 1. The van der Waals surface area contributed by atoms with E-state index in [1.807, 2.05) is 48.9 Å². The second kappa shape index (κ2) is 18.9. The molecule has 0 aromatic heterocycles. The second-order valence-corrected chi connectivity index (χ2v) is 12.0. The molecule has 1 aliphatic carbocycles. The number of nitrogens with two attached hydrogens (primary N) is 1. The standard InChI is InChI=1S/C20H21NO4S.C10H20ClNO2S/c1-26-11-10-18(19(22)23)21-20(24)25-12-17-15-8-4-2-6-13(15)14-7-3-5-9-16(14)17;1-3-4-5-9(11)14-10(13)8(12)6-7-15-2/h2-9,17-18H,10-12H2,1H3,(H,21,24)(H,22,23);8-9H,3-7,12H2,1-2H3/t18-;8-,9?/m00/s1. The predicted octanol–water partition coefficient (Wildman–Crippen LogP) is 6.10. The van der Waals surface area contributed by atoms with Crippen LogP contribution in [0.5, 0.6) is 0 Å². The number of carbonyl (C=O) groups is 3. The van der Waals surface area contributed by atoms with Crippen LogP contribution in [0.1, 0.15) is 56.1 Å². The van der Waals surface area contributed by atoms with E-state index in [2.05, 4.69) is 24.4 Å². The maximum absolute atomic E-state index is 12.1. The first kappa shape index (κ1) is 34.8. The topological polar surface area (TPSA) is 128 Å². The van der Waals surface area contributed by atoms with E-state index < -0.39 is 29.7 Å². The summed E-state index contributed by atoms with van der Waals surface area (Å²) in [7, 11) is 0. The van der Waals surface area contributed by atoms with E-state index in [0.717, 1.165) is 40.8 Å². The van der Waals surface area contributed by atoms with E-state index in [9.17, 15) is 19.5 Å². The van der Waals surface area contributed by atoms with Gasteiger partial charge < -0.3 is 25.6 Å². The number of esters is 1. The van der Waals surface area contributed by atoms with Crippen molar-refractivity contribution in [3.8, 4) is 11.1 Å². The third-order valence-electron chi connectivity index (χ3n) is 6.51. The van der Waals surface area contributed by atoms with Gasteiger partial charge in [0, 0.05) is 5.92 Å². The number of unbranched alkanes of at least 4 members (excludes halogenated alkanes) is 1. The highest BCUT2D eigenvalue weighted by Gasteiger charge is 2.29. The Labute approximate surface area is 256 Å². The maximum Gasteiger partial charge on any atom is 0.407 e. The number of rotatable bonds is 15. The first-order valence-corrected chi connectivity index (χ1v) is 16.9. The monoisotopic (exact) mass is 624 g/mol. The van der Waals surface area contributed by atoms with Gasteiger partial charge in [0.1, 0.15) is 18.7 Å². The first-order valence-electron chi connectivity index (χ1n) is 13.7. The average molecular weight is 625 g/mol. The maximum atomic E-state index is 12.1. The van der Waals surface area contributed by atoms with Gasteiger partial charge >= 0.3 is 18.0 Å². The van der Waals surface area contributed by atoms with Crippen molar-refractivity contribution in [1.29, 1.82) is 0 Å². The molecule has 0 heterocycles.